The first-order chi connectivity index (χ1) is 9.61. The number of ketones is 1. The summed E-state index contributed by atoms with van der Waals surface area (Å²) in [6.45, 7) is -0.935. The highest BCUT2D eigenvalue weighted by Crippen LogP contribution is 2.31. The normalized spacial score (nSPS) is 11.0. The number of carboxylic acid groups (broad SMARTS) is 1. The Hall–Kier alpha value is -2.45. The van der Waals surface area contributed by atoms with E-state index in [9.17, 15) is 31.9 Å². The number of alkyl halides is 3. The number of hydrogen-bond donors (Lipinski definition) is 1. The second kappa shape index (κ2) is 6.33. The molecule has 0 saturated heterocycles. The molecule has 0 amide bonds. The molecule has 0 unspecified atom stereocenters. The van der Waals surface area contributed by atoms with Crippen molar-refractivity contribution in [3.63, 3.8) is 0 Å². The van der Waals surface area contributed by atoms with Crippen molar-refractivity contribution in [1.29, 1.82) is 0 Å². The van der Waals surface area contributed by atoms with Crippen LogP contribution in [0.15, 0.2) is 18.2 Å². The molecule has 5 nitrogen and oxygen atoms in total. The van der Waals surface area contributed by atoms with Gasteiger partial charge in [0.25, 0.3) is 0 Å². The smallest absolute Gasteiger partial charge is 0.419 e. The third-order valence-electron chi connectivity index (χ3n) is 2.25. The van der Waals surface area contributed by atoms with Crippen LogP contribution in [-0.2, 0) is 20.5 Å². The summed E-state index contributed by atoms with van der Waals surface area (Å²) in [4.78, 5) is 32.5. The number of Topliss-reactive ketones (excluding diaryl/α,β-unsaturated/α-hetero) is 1. The Balaban J connectivity index is 2.80. The molecular formula is C12H8F4O5. The van der Waals surface area contributed by atoms with Crippen molar-refractivity contribution >= 4 is 17.7 Å². The number of hydrogen-bond acceptors (Lipinski definition) is 4. The molecule has 1 rings (SSSR count). The summed E-state index contributed by atoms with van der Waals surface area (Å²) in [5.41, 5.74) is -2.13. The Morgan fingerprint density at radius 3 is 2.33 bits per heavy atom. The van der Waals surface area contributed by atoms with E-state index in [1.807, 2.05) is 0 Å². The monoisotopic (exact) mass is 308 g/mol. The van der Waals surface area contributed by atoms with Gasteiger partial charge in [-0.3, -0.25) is 14.4 Å². The molecule has 0 aliphatic rings. The lowest BCUT2D eigenvalue weighted by molar-refractivity contribution is -0.150. The van der Waals surface area contributed by atoms with Crippen molar-refractivity contribution in [2.75, 3.05) is 6.61 Å². The first kappa shape index (κ1) is 16.6. The lowest BCUT2D eigenvalue weighted by atomic mass is 10.1. The van der Waals surface area contributed by atoms with Gasteiger partial charge in [-0.2, -0.15) is 13.2 Å². The number of esters is 1. The van der Waals surface area contributed by atoms with E-state index in [0.29, 0.717) is 12.1 Å². The molecule has 0 atom stereocenters. The van der Waals surface area contributed by atoms with Gasteiger partial charge in [-0.25, -0.2) is 4.39 Å². The quantitative estimate of drug-likeness (QED) is 0.390. The Kier molecular flexibility index (Phi) is 5.01. The van der Waals surface area contributed by atoms with E-state index in [-0.39, 0.29) is 0 Å². The fourth-order valence-electron chi connectivity index (χ4n) is 1.32. The molecule has 0 spiro atoms. The van der Waals surface area contributed by atoms with Gasteiger partial charge >= 0.3 is 18.1 Å². The maximum Gasteiger partial charge on any atom is 0.419 e. The molecule has 0 aliphatic heterocycles. The van der Waals surface area contributed by atoms with E-state index in [2.05, 4.69) is 4.74 Å². The van der Waals surface area contributed by atoms with Crippen LogP contribution in [0, 0.1) is 5.82 Å². The summed E-state index contributed by atoms with van der Waals surface area (Å²) in [6, 6.07) is 1.57. The van der Waals surface area contributed by atoms with Crippen molar-refractivity contribution in [2.45, 2.75) is 12.6 Å². The van der Waals surface area contributed by atoms with Crippen molar-refractivity contribution in [2.24, 2.45) is 0 Å². The summed E-state index contributed by atoms with van der Waals surface area (Å²) in [5.74, 6) is -5.25. The van der Waals surface area contributed by atoms with Crippen LogP contribution in [0.5, 0.6) is 0 Å². The van der Waals surface area contributed by atoms with Crippen LogP contribution in [0.4, 0.5) is 17.6 Å². The second-order valence-corrected chi connectivity index (χ2v) is 3.85. The SMILES string of the molecule is O=C(O)CC(=O)OCC(=O)c1ccc(F)c(C(F)(F)F)c1. The van der Waals surface area contributed by atoms with Crippen molar-refractivity contribution in [3.05, 3.63) is 35.1 Å². The number of carbonyl (C=O) groups excluding carboxylic acids is 2. The van der Waals surface area contributed by atoms with E-state index in [1.54, 1.807) is 0 Å². The molecule has 0 bridgehead atoms. The molecule has 1 aromatic carbocycles. The molecule has 0 aromatic heterocycles. The van der Waals surface area contributed by atoms with E-state index in [1.165, 1.54) is 0 Å². The highest BCUT2D eigenvalue weighted by Gasteiger charge is 2.34. The van der Waals surface area contributed by atoms with Crippen LogP contribution >= 0.6 is 0 Å². The van der Waals surface area contributed by atoms with Gasteiger partial charge in [0.05, 0.1) is 5.56 Å². The number of halogens is 4. The topological polar surface area (TPSA) is 80.7 Å². The van der Waals surface area contributed by atoms with E-state index in [4.69, 9.17) is 5.11 Å². The molecular weight excluding hydrogens is 300 g/mol. The van der Waals surface area contributed by atoms with Crippen LogP contribution in [0.2, 0.25) is 0 Å². The highest BCUT2D eigenvalue weighted by molar-refractivity contribution is 5.99. The van der Waals surface area contributed by atoms with E-state index < -0.39 is 53.9 Å². The molecule has 0 aliphatic carbocycles. The number of benzene rings is 1. The molecule has 0 saturated carbocycles. The van der Waals surface area contributed by atoms with Crippen LogP contribution in [0.1, 0.15) is 22.3 Å². The lowest BCUT2D eigenvalue weighted by Crippen LogP contribution is -2.17. The Morgan fingerprint density at radius 2 is 1.81 bits per heavy atom. The molecule has 21 heavy (non-hydrogen) atoms. The predicted molar refractivity (Wildman–Crippen MR) is 58.9 cm³/mol. The Labute approximate surface area is 115 Å². The minimum atomic E-state index is -4.97. The van der Waals surface area contributed by atoms with Crippen LogP contribution in [0.25, 0.3) is 0 Å². The average Bonchev–Trinajstić information content (AvgIpc) is 2.34. The number of carboxylic acids is 1. The molecule has 114 valence electrons. The minimum absolute atomic E-state index is 0.294. The number of ether oxygens (including phenoxy) is 1. The first-order valence-corrected chi connectivity index (χ1v) is 5.38. The highest BCUT2D eigenvalue weighted by atomic mass is 19.4. The molecule has 0 fully saturated rings. The third kappa shape index (κ3) is 4.86. The standard InChI is InChI=1S/C12H8F4O5/c13-8-2-1-6(3-7(8)12(14,15)16)9(17)5-21-11(20)4-10(18)19/h1-3H,4-5H2,(H,18,19). The van der Waals surface area contributed by atoms with Crippen LogP contribution < -0.4 is 0 Å². The zero-order valence-corrected chi connectivity index (χ0v) is 10.2. The predicted octanol–water partition coefficient (Wildman–Crippen LogP) is 2.05. The largest absolute Gasteiger partial charge is 0.481 e. The third-order valence-corrected chi connectivity index (χ3v) is 2.25. The summed E-state index contributed by atoms with van der Waals surface area (Å²) < 4.78 is 54.6. The second-order valence-electron chi connectivity index (χ2n) is 3.85. The van der Waals surface area contributed by atoms with Gasteiger partial charge in [-0.05, 0) is 18.2 Å². The number of carbonyl (C=O) groups is 3. The van der Waals surface area contributed by atoms with E-state index >= 15 is 0 Å². The van der Waals surface area contributed by atoms with Gasteiger partial charge in [0, 0.05) is 5.56 Å². The lowest BCUT2D eigenvalue weighted by Gasteiger charge is -2.09. The van der Waals surface area contributed by atoms with Gasteiger partial charge in [-0.15, -0.1) is 0 Å². The van der Waals surface area contributed by atoms with Crippen molar-refractivity contribution in [1.82, 2.24) is 0 Å². The summed E-state index contributed by atoms with van der Waals surface area (Å²) >= 11 is 0. The Bertz CT molecular complexity index is 580. The van der Waals surface area contributed by atoms with E-state index in [0.717, 1.165) is 6.07 Å². The summed E-state index contributed by atoms with van der Waals surface area (Å²) in [5, 5.41) is 8.27. The fraction of sp³-hybridized carbons (Fsp3) is 0.250. The van der Waals surface area contributed by atoms with Gasteiger partial charge in [0.1, 0.15) is 12.2 Å². The summed E-state index contributed by atoms with van der Waals surface area (Å²) in [7, 11) is 0. The van der Waals surface area contributed by atoms with Crippen LogP contribution in [-0.4, -0.2) is 29.4 Å². The Morgan fingerprint density at radius 1 is 1.19 bits per heavy atom. The van der Waals surface area contributed by atoms with Crippen LogP contribution in [0.3, 0.4) is 0 Å². The molecule has 0 radical (unpaired) electrons. The molecule has 9 heteroatoms. The van der Waals surface area contributed by atoms with Gasteiger partial charge in [0.2, 0.25) is 0 Å². The fourth-order valence-corrected chi connectivity index (χ4v) is 1.32. The number of rotatable bonds is 5. The maximum atomic E-state index is 13.0. The zero-order chi connectivity index (χ0) is 16.2. The van der Waals surface area contributed by atoms with Gasteiger partial charge in [0.15, 0.2) is 12.4 Å². The minimum Gasteiger partial charge on any atom is -0.481 e. The van der Waals surface area contributed by atoms with Gasteiger partial charge < -0.3 is 9.84 Å². The van der Waals surface area contributed by atoms with Gasteiger partial charge in [-0.1, -0.05) is 0 Å². The summed E-state index contributed by atoms with van der Waals surface area (Å²) in [6.07, 6.45) is -5.95. The average molecular weight is 308 g/mol. The molecule has 1 N–H and O–H groups in total. The first-order valence-electron chi connectivity index (χ1n) is 5.38. The maximum absolute atomic E-state index is 13.0. The molecule has 0 heterocycles. The zero-order valence-electron chi connectivity index (χ0n) is 10.2. The van der Waals surface area contributed by atoms with Crippen molar-refractivity contribution < 1.29 is 41.8 Å². The molecule has 1 aromatic rings. The number of aliphatic carboxylic acids is 1. The van der Waals surface area contributed by atoms with Crippen molar-refractivity contribution in [3.8, 4) is 0 Å².